The average Bonchev–Trinajstić information content (AvgIpc) is 2.91. The summed E-state index contributed by atoms with van der Waals surface area (Å²) < 4.78 is 4.90. The number of hydrogen-bond donors (Lipinski definition) is 1. The Kier molecular flexibility index (Phi) is 3.25. The van der Waals surface area contributed by atoms with Gasteiger partial charge in [0.25, 0.3) is 5.91 Å². The van der Waals surface area contributed by atoms with E-state index in [1.54, 1.807) is 18.0 Å². The van der Waals surface area contributed by atoms with Gasteiger partial charge in [0.15, 0.2) is 0 Å². The summed E-state index contributed by atoms with van der Waals surface area (Å²) >= 11 is 0. The molecular weight excluding hydrogens is 216 g/mol. The summed E-state index contributed by atoms with van der Waals surface area (Å²) in [6, 6.07) is 9.23. The van der Waals surface area contributed by atoms with Gasteiger partial charge in [-0.05, 0) is 23.8 Å². The first-order valence-corrected chi connectivity index (χ1v) is 5.31. The Bertz CT molecular complexity index is 506. The average molecular weight is 230 g/mol. The Labute approximate surface area is 99.6 Å². The van der Waals surface area contributed by atoms with Crippen molar-refractivity contribution in [3.63, 3.8) is 0 Å². The van der Waals surface area contributed by atoms with Crippen LogP contribution in [0.25, 0.3) is 0 Å². The highest BCUT2D eigenvalue weighted by atomic mass is 16.3. The number of nitrogens with two attached hydrogens (primary N) is 1. The molecular formula is C13H14N2O2. The maximum absolute atomic E-state index is 12.0. The van der Waals surface area contributed by atoms with Crippen LogP contribution in [-0.4, -0.2) is 13.0 Å². The second-order valence-electron chi connectivity index (χ2n) is 3.75. The van der Waals surface area contributed by atoms with Gasteiger partial charge in [0.1, 0.15) is 6.26 Å². The number of carbonyl (C=O) groups excluding carboxylic acids is 1. The van der Waals surface area contributed by atoms with Crippen molar-refractivity contribution < 1.29 is 9.21 Å². The second-order valence-corrected chi connectivity index (χ2v) is 3.75. The molecule has 0 atom stereocenters. The summed E-state index contributed by atoms with van der Waals surface area (Å²) in [6.45, 7) is 0.460. The Morgan fingerprint density at radius 1 is 1.41 bits per heavy atom. The molecule has 4 heteroatoms. The van der Waals surface area contributed by atoms with Crippen molar-refractivity contribution in [2.24, 2.45) is 5.73 Å². The van der Waals surface area contributed by atoms with Crippen LogP contribution in [0.4, 0.5) is 5.69 Å². The molecule has 1 heterocycles. The Balaban J connectivity index is 2.24. The highest BCUT2D eigenvalue weighted by Gasteiger charge is 2.14. The van der Waals surface area contributed by atoms with Crippen molar-refractivity contribution in [2.75, 3.05) is 11.9 Å². The van der Waals surface area contributed by atoms with Crippen LogP contribution in [-0.2, 0) is 6.54 Å². The molecule has 0 spiro atoms. The molecule has 0 aliphatic carbocycles. The lowest BCUT2D eigenvalue weighted by Gasteiger charge is -2.17. The van der Waals surface area contributed by atoms with Gasteiger partial charge in [0.2, 0.25) is 0 Å². The molecule has 0 saturated heterocycles. The van der Waals surface area contributed by atoms with Crippen LogP contribution in [0.2, 0.25) is 0 Å². The summed E-state index contributed by atoms with van der Waals surface area (Å²) in [6.07, 6.45) is 2.92. The number of amides is 1. The monoisotopic (exact) mass is 230 g/mol. The van der Waals surface area contributed by atoms with Crippen LogP contribution in [0.15, 0.2) is 47.3 Å². The van der Waals surface area contributed by atoms with E-state index >= 15 is 0 Å². The van der Waals surface area contributed by atoms with Crippen molar-refractivity contribution in [2.45, 2.75) is 6.54 Å². The topological polar surface area (TPSA) is 59.5 Å². The molecule has 2 N–H and O–H groups in total. The van der Waals surface area contributed by atoms with Crippen molar-refractivity contribution in [1.82, 2.24) is 0 Å². The molecule has 2 aromatic rings. The molecule has 17 heavy (non-hydrogen) atoms. The van der Waals surface area contributed by atoms with E-state index in [4.69, 9.17) is 10.2 Å². The van der Waals surface area contributed by atoms with E-state index in [1.165, 1.54) is 12.5 Å². The lowest BCUT2D eigenvalue weighted by Crippen LogP contribution is -2.25. The second kappa shape index (κ2) is 4.84. The molecule has 0 unspecified atom stereocenters. The van der Waals surface area contributed by atoms with Gasteiger partial charge in [0, 0.05) is 19.3 Å². The van der Waals surface area contributed by atoms with E-state index < -0.39 is 0 Å². The number of hydrogen-bond acceptors (Lipinski definition) is 3. The minimum atomic E-state index is -0.104. The van der Waals surface area contributed by atoms with Crippen LogP contribution in [0.1, 0.15) is 15.9 Å². The van der Waals surface area contributed by atoms with Crippen molar-refractivity contribution in [1.29, 1.82) is 0 Å². The van der Waals surface area contributed by atoms with E-state index in [2.05, 4.69) is 0 Å². The van der Waals surface area contributed by atoms with Crippen LogP contribution in [0, 0.1) is 0 Å². The SMILES string of the molecule is CN(C(=O)c1ccoc1)c1cccc(CN)c1. The fraction of sp³-hybridized carbons (Fsp3) is 0.154. The van der Waals surface area contributed by atoms with E-state index in [0.717, 1.165) is 11.3 Å². The Morgan fingerprint density at radius 2 is 2.24 bits per heavy atom. The first-order valence-electron chi connectivity index (χ1n) is 5.31. The molecule has 88 valence electrons. The van der Waals surface area contributed by atoms with E-state index in [-0.39, 0.29) is 5.91 Å². The van der Waals surface area contributed by atoms with Gasteiger partial charge in [-0.2, -0.15) is 0 Å². The maximum atomic E-state index is 12.0. The molecule has 2 rings (SSSR count). The zero-order valence-corrected chi connectivity index (χ0v) is 9.59. The standard InChI is InChI=1S/C13H14N2O2/c1-15(13(16)11-5-6-17-9-11)12-4-2-3-10(7-12)8-14/h2-7,9H,8,14H2,1H3. The number of anilines is 1. The van der Waals surface area contributed by atoms with Crippen molar-refractivity contribution >= 4 is 11.6 Å². The number of furan rings is 1. The fourth-order valence-corrected chi connectivity index (χ4v) is 1.59. The predicted octanol–water partition coefficient (Wildman–Crippen LogP) is 2.01. The van der Waals surface area contributed by atoms with Crippen LogP contribution in [0.3, 0.4) is 0 Å². The maximum Gasteiger partial charge on any atom is 0.261 e. The molecule has 0 aliphatic rings. The zero-order valence-electron chi connectivity index (χ0n) is 9.59. The van der Waals surface area contributed by atoms with Crippen LogP contribution in [0.5, 0.6) is 0 Å². The zero-order chi connectivity index (χ0) is 12.3. The van der Waals surface area contributed by atoms with E-state index in [0.29, 0.717) is 12.1 Å². The summed E-state index contributed by atoms with van der Waals surface area (Å²) in [5.74, 6) is -0.104. The molecule has 0 saturated carbocycles. The van der Waals surface area contributed by atoms with Gasteiger partial charge in [0.05, 0.1) is 11.8 Å². The molecule has 0 aliphatic heterocycles. The predicted molar refractivity (Wildman–Crippen MR) is 65.8 cm³/mol. The smallest absolute Gasteiger partial charge is 0.261 e. The first kappa shape index (κ1) is 11.4. The first-order chi connectivity index (χ1) is 8.22. The fourth-order valence-electron chi connectivity index (χ4n) is 1.59. The summed E-state index contributed by atoms with van der Waals surface area (Å²) in [5, 5.41) is 0. The number of benzene rings is 1. The molecule has 1 amide bonds. The summed E-state index contributed by atoms with van der Waals surface area (Å²) in [7, 11) is 1.73. The van der Waals surface area contributed by atoms with Gasteiger partial charge >= 0.3 is 0 Å². The van der Waals surface area contributed by atoms with E-state index in [1.807, 2.05) is 24.3 Å². The Hall–Kier alpha value is -2.07. The number of rotatable bonds is 3. The lowest BCUT2D eigenvalue weighted by molar-refractivity contribution is 0.0992. The van der Waals surface area contributed by atoms with Gasteiger partial charge < -0.3 is 15.1 Å². The molecule has 0 radical (unpaired) electrons. The Morgan fingerprint density at radius 3 is 2.88 bits per heavy atom. The highest BCUT2D eigenvalue weighted by Crippen LogP contribution is 2.17. The normalized spacial score (nSPS) is 10.2. The number of nitrogens with zero attached hydrogens (tertiary/aromatic N) is 1. The molecule has 0 bridgehead atoms. The molecule has 0 fully saturated rings. The van der Waals surface area contributed by atoms with Crippen molar-refractivity contribution in [3.05, 3.63) is 54.0 Å². The quantitative estimate of drug-likeness (QED) is 0.877. The third-order valence-corrected chi connectivity index (χ3v) is 2.61. The highest BCUT2D eigenvalue weighted by molar-refractivity contribution is 6.05. The van der Waals surface area contributed by atoms with Crippen molar-refractivity contribution in [3.8, 4) is 0 Å². The third kappa shape index (κ3) is 2.37. The van der Waals surface area contributed by atoms with E-state index in [9.17, 15) is 4.79 Å². The van der Waals surface area contributed by atoms with Gasteiger partial charge in [-0.1, -0.05) is 12.1 Å². The minimum Gasteiger partial charge on any atom is -0.472 e. The number of carbonyl (C=O) groups is 1. The summed E-state index contributed by atoms with van der Waals surface area (Å²) in [4.78, 5) is 13.6. The van der Waals surface area contributed by atoms with Crippen LogP contribution >= 0.6 is 0 Å². The van der Waals surface area contributed by atoms with Crippen LogP contribution < -0.4 is 10.6 Å². The largest absolute Gasteiger partial charge is 0.472 e. The molecule has 1 aromatic heterocycles. The summed E-state index contributed by atoms with van der Waals surface area (Å²) in [5.41, 5.74) is 7.92. The molecule has 1 aromatic carbocycles. The van der Waals surface area contributed by atoms with Gasteiger partial charge in [-0.3, -0.25) is 4.79 Å². The van der Waals surface area contributed by atoms with Gasteiger partial charge in [-0.15, -0.1) is 0 Å². The minimum absolute atomic E-state index is 0.104. The molecule has 4 nitrogen and oxygen atoms in total. The van der Waals surface area contributed by atoms with Gasteiger partial charge in [-0.25, -0.2) is 0 Å². The third-order valence-electron chi connectivity index (χ3n) is 2.61. The lowest BCUT2D eigenvalue weighted by atomic mass is 10.2.